The standard InChI is InChI=1S/C20H18F3N5O2/c1-12-6-7-24-19(8-12)27-13(2)9-15(14(27)3)11-25-26-17-5-4-16(20(21,22)23)10-18(17)28(29)30/h4-11,26H,1-3H3/b25-11-. The Bertz CT molecular complexity index is 1140. The zero-order valence-corrected chi connectivity index (χ0v) is 16.4. The molecule has 0 fully saturated rings. The van der Waals surface area contributed by atoms with Crippen LogP contribution < -0.4 is 5.43 Å². The Hall–Kier alpha value is -3.69. The van der Waals surface area contributed by atoms with Gasteiger partial charge in [0, 0.05) is 29.2 Å². The number of pyridine rings is 1. The summed E-state index contributed by atoms with van der Waals surface area (Å²) in [7, 11) is 0. The first kappa shape index (κ1) is 21.0. The van der Waals surface area contributed by atoms with E-state index in [4.69, 9.17) is 0 Å². The van der Waals surface area contributed by atoms with Gasteiger partial charge in [0.05, 0.1) is 16.7 Å². The molecule has 1 aromatic carbocycles. The van der Waals surface area contributed by atoms with Gasteiger partial charge in [0.1, 0.15) is 11.5 Å². The number of nitro groups is 1. The molecule has 0 aliphatic carbocycles. The molecular weight excluding hydrogens is 399 g/mol. The van der Waals surface area contributed by atoms with E-state index in [2.05, 4.69) is 15.5 Å². The van der Waals surface area contributed by atoms with Crippen LogP contribution in [0.2, 0.25) is 0 Å². The minimum atomic E-state index is -4.67. The van der Waals surface area contributed by atoms with Crippen LogP contribution in [0.5, 0.6) is 0 Å². The highest BCUT2D eigenvalue weighted by Crippen LogP contribution is 2.35. The van der Waals surface area contributed by atoms with Crippen molar-refractivity contribution in [2.24, 2.45) is 5.10 Å². The summed E-state index contributed by atoms with van der Waals surface area (Å²) >= 11 is 0. The topological polar surface area (TPSA) is 85.3 Å². The van der Waals surface area contributed by atoms with E-state index in [9.17, 15) is 23.3 Å². The summed E-state index contributed by atoms with van der Waals surface area (Å²) in [5.41, 5.74) is 4.05. The quantitative estimate of drug-likeness (QED) is 0.353. The van der Waals surface area contributed by atoms with Crippen LogP contribution in [0, 0.1) is 30.9 Å². The summed E-state index contributed by atoms with van der Waals surface area (Å²) in [4.78, 5) is 14.6. The number of nitrogens with zero attached hydrogens (tertiary/aromatic N) is 4. The molecule has 2 aromatic heterocycles. The fourth-order valence-electron chi connectivity index (χ4n) is 3.04. The van der Waals surface area contributed by atoms with E-state index in [1.165, 1.54) is 6.21 Å². The van der Waals surface area contributed by atoms with Gasteiger partial charge >= 0.3 is 6.18 Å². The number of rotatable bonds is 5. The summed E-state index contributed by atoms with van der Waals surface area (Å²) in [5.74, 6) is 0.746. The fourth-order valence-corrected chi connectivity index (χ4v) is 3.04. The summed E-state index contributed by atoms with van der Waals surface area (Å²) in [6, 6.07) is 7.92. The normalized spacial score (nSPS) is 11.8. The Morgan fingerprint density at radius 2 is 1.90 bits per heavy atom. The number of halogens is 3. The van der Waals surface area contributed by atoms with Gasteiger partial charge in [-0.2, -0.15) is 18.3 Å². The predicted octanol–water partition coefficient (Wildman–Crippen LogP) is 5.17. The summed E-state index contributed by atoms with van der Waals surface area (Å²) < 4.78 is 40.4. The van der Waals surface area contributed by atoms with Crippen molar-refractivity contribution in [2.75, 3.05) is 5.43 Å². The van der Waals surface area contributed by atoms with Gasteiger partial charge in [-0.1, -0.05) is 0 Å². The second-order valence-corrected chi connectivity index (χ2v) is 6.71. The molecule has 0 saturated heterocycles. The number of anilines is 1. The number of hydrogen-bond donors (Lipinski definition) is 1. The lowest BCUT2D eigenvalue weighted by molar-refractivity contribution is -0.384. The average Bonchev–Trinajstić information content (AvgIpc) is 2.94. The molecule has 3 rings (SSSR count). The molecule has 0 saturated carbocycles. The van der Waals surface area contributed by atoms with E-state index in [0.29, 0.717) is 6.07 Å². The molecule has 0 amide bonds. The van der Waals surface area contributed by atoms with Crippen LogP contribution in [0.3, 0.4) is 0 Å². The second-order valence-electron chi connectivity index (χ2n) is 6.71. The lowest BCUT2D eigenvalue weighted by Crippen LogP contribution is -2.06. The zero-order chi connectivity index (χ0) is 22.1. The highest BCUT2D eigenvalue weighted by molar-refractivity contribution is 5.83. The molecular formula is C20H18F3N5O2. The van der Waals surface area contributed by atoms with Crippen molar-refractivity contribution in [3.63, 3.8) is 0 Å². The molecule has 30 heavy (non-hydrogen) atoms. The number of aromatic nitrogens is 2. The van der Waals surface area contributed by atoms with Crippen LogP contribution in [0.15, 0.2) is 47.7 Å². The Morgan fingerprint density at radius 1 is 1.17 bits per heavy atom. The molecule has 0 aliphatic rings. The zero-order valence-electron chi connectivity index (χ0n) is 16.4. The van der Waals surface area contributed by atoms with Gasteiger partial charge in [-0.25, -0.2) is 4.98 Å². The first-order valence-electron chi connectivity index (χ1n) is 8.84. The van der Waals surface area contributed by atoms with Crippen LogP contribution in [-0.4, -0.2) is 20.7 Å². The predicted molar refractivity (Wildman–Crippen MR) is 107 cm³/mol. The lowest BCUT2D eigenvalue weighted by atomic mass is 10.1. The van der Waals surface area contributed by atoms with Gasteiger partial charge < -0.3 is 4.57 Å². The van der Waals surface area contributed by atoms with Crippen molar-refractivity contribution in [1.29, 1.82) is 0 Å². The molecule has 7 nitrogen and oxygen atoms in total. The number of nitrogens with one attached hydrogen (secondary N) is 1. The van der Waals surface area contributed by atoms with Gasteiger partial charge in [0.25, 0.3) is 5.69 Å². The smallest absolute Gasteiger partial charge is 0.303 e. The monoisotopic (exact) mass is 417 g/mol. The van der Waals surface area contributed by atoms with Gasteiger partial charge in [-0.3, -0.25) is 15.5 Å². The fraction of sp³-hybridized carbons (Fsp3) is 0.200. The van der Waals surface area contributed by atoms with Crippen LogP contribution in [0.25, 0.3) is 5.82 Å². The van der Waals surface area contributed by atoms with Gasteiger partial charge in [-0.15, -0.1) is 0 Å². The molecule has 0 unspecified atom stereocenters. The minimum Gasteiger partial charge on any atom is -0.303 e. The van der Waals surface area contributed by atoms with Crippen molar-refractivity contribution in [2.45, 2.75) is 26.9 Å². The van der Waals surface area contributed by atoms with Crippen LogP contribution >= 0.6 is 0 Å². The lowest BCUT2D eigenvalue weighted by Gasteiger charge is -2.09. The number of alkyl halides is 3. The number of nitro benzene ring substituents is 1. The molecule has 0 radical (unpaired) electrons. The molecule has 0 spiro atoms. The number of benzene rings is 1. The average molecular weight is 417 g/mol. The van der Waals surface area contributed by atoms with E-state index < -0.39 is 22.4 Å². The van der Waals surface area contributed by atoms with Crippen molar-refractivity contribution in [1.82, 2.24) is 9.55 Å². The maximum Gasteiger partial charge on any atom is 0.416 e. The highest BCUT2D eigenvalue weighted by atomic mass is 19.4. The van der Waals surface area contributed by atoms with Crippen LogP contribution in [0.4, 0.5) is 24.5 Å². The van der Waals surface area contributed by atoms with E-state index in [1.54, 1.807) is 6.20 Å². The Kier molecular flexibility index (Phi) is 5.59. The minimum absolute atomic E-state index is 0.140. The third kappa shape index (κ3) is 4.32. The maximum absolute atomic E-state index is 12.8. The third-order valence-electron chi connectivity index (χ3n) is 4.51. The Morgan fingerprint density at radius 3 is 2.53 bits per heavy atom. The van der Waals surface area contributed by atoms with Gasteiger partial charge in [0.2, 0.25) is 0 Å². The SMILES string of the molecule is Cc1ccnc(-n2c(C)cc(/C=N\Nc3ccc(C(F)(F)F)cc3[N+](=O)[O-])c2C)c1. The van der Waals surface area contributed by atoms with E-state index >= 15 is 0 Å². The van der Waals surface area contributed by atoms with Gasteiger partial charge in [-0.05, 0) is 56.7 Å². The second kappa shape index (κ2) is 7.97. The first-order chi connectivity index (χ1) is 14.1. The van der Waals surface area contributed by atoms with Crippen molar-refractivity contribution < 1.29 is 18.1 Å². The first-order valence-corrected chi connectivity index (χ1v) is 8.84. The van der Waals surface area contributed by atoms with Crippen LogP contribution in [0.1, 0.15) is 28.1 Å². The summed E-state index contributed by atoms with van der Waals surface area (Å²) in [5, 5.41) is 15.1. The molecule has 2 heterocycles. The number of hydrogen-bond acceptors (Lipinski definition) is 5. The van der Waals surface area contributed by atoms with E-state index in [-0.39, 0.29) is 5.69 Å². The summed E-state index contributed by atoms with van der Waals surface area (Å²) in [6.45, 7) is 5.74. The molecule has 0 aliphatic heterocycles. The Labute approximate surface area is 170 Å². The molecule has 156 valence electrons. The largest absolute Gasteiger partial charge is 0.416 e. The van der Waals surface area contributed by atoms with Crippen LogP contribution in [-0.2, 0) is 6.18 Å². The maximum atomic E-state index is 12.8. The molecule has 10 heteroatoms. The molecule has 3 aromatic rings. The highest BCUT2D eigenvalue weighted by Gasteiger charge is 2.33. The van der Waals surface area contributed by atoms with Crippen molar-refractivity contribution >= 4 is 17.6 Å². The van der Waals surface area contributed by atoms with E-state index in [0.717, 1.165) is 40.5 Å². The molecule has 0 bridgehead atoms. The third-order valence-corrected chi connectivity index (χ3v) is 4.51. The van der Waals surface area contributed by atoms with Crippen molar-refractivity contribution in [3.05, 3.63) is 80.8 Å². The van der Waals surface area contributed by atoms with E-state index in [1.807, 2.05) is 43.5 Å². The number of aryl methyl sites for hydroxylation is 2. The molecule has 1 N–H and O–H groups in total. The number of hydrazone groups is 1. The summed E-state index contributed by atoms with van der Waals surface area (Å²) in [6.07, 6.45) is -1.51. The Balaban J connectivity index is 1.88. The van der Waals surface area contributed by atoms with Gasteiger partial charge in [0.15, 0.2) is 0 Å². The van der Waals surface area contributed by atoms with Crippen molar-refractivity contribution in [3.8, 4) is 5.82 Å². The molecule has 0 atom stereocenters.